The van der Waals surface area contributed by atoms with Gasteiger partial charge in [-0.15, -0.1) is 0 Å². The van der Waals surface area contributed by atoms with Crippen molar-refractivity contribution in [1.82, 2.24) is 9.88 Å². The van der Waals surface area contributed by atoms with Crippen molar-refractivity contribution in [3.8, 4) is 0 Å². The van der Waals surface area contributed by atoms with Gasteiger partial charge in [0.15, 0.2) is 0 Å². The molecule has 1 aromatic heterocycles. The number of hydrogen-bond acceptors (Lipinski definition) is 2. The van der Waals surface area contributed by atoms with Gasteiger partial charge < -0.3 is 4.90 Å². The predicted octanol–water partition coefficient (Wildman–Crippen LogP) is 5.46. The second kappa shape index (κ2) is 7.06. The first-order valence-corrected chi connectivity index (χ1v) is 8.95. The van der Waals surface area contributed by atoms with Gasteiger partial charge in [0.25, 0.3) is 5.91 Å². The number of alkyl halides is 3. The average molecular weight is 385 g/mol. The molecule has 2 heterocycles. The van der Waals surface area contributed by atoms with E-state index in [1.807, 2.05) is 19.9 Å². The van der Waals surface area contributed by atoms with E-state index in [1.54, 1.807) is 11.0 Å². The maximum atomic E-state index is 12.7. The van der Waals surface area contributed by atoms with E-state index in [2.05, 4.69) is 4.98 Å². The van der Waals surface area contributed by atoms with Crippen molar-refractivity contribution in [2.75, 3.05) is 0 Å². The van der Waals surface area contributed by atoms with Crippen LogP contribution in [0, 0.1) is 0 Å². The molecule has 3 nitrogen and oxygen atoms in total. The topological polar surface area (TPSA) is 33.2 Å². The van der Waals surface area contributed by atoms with E-state index in [9.17, 15) is 18.0 Å². The van der Waals surface area contributed by atoms with E-state index in [4.69, 9.17) is 11.6 Å². The van der Waals surface area contributed by atoms with Crippen LogP contribution in [-0.2, 0) is 6.54 Å². The Balaban J connectivity index is 1.75. The Bertz CT molecular complexity index is 798. The Morgan fingerprint density at radius 3 is 2.69 bits per heavy atom. The number of halogens is 4. The van der Waals surface area contributed by atoms with Gasteiger partial charge in [-0.3, -0.25) is 4.79 Å². The van der Waals surface area contributed by atoms with Crippen LogP contribution in [0.5, 0.6) is 0 Å². The Morgan fingerprint density at radius 1 is 1.35 bits per heavy atom. The quantitative estimate of drug-likeness (QED) is 0.646. The molecular formula is C19H20ClF3N2O. The Morgan fingerprint density at radius 2 is 2.08 bits per heavy atom. The van der Waals surface area contributed by atoms with Crippen molar-refractivity contribution >= 4 is 17.5 Å². The van der Waals surface area contributed by atoms with E-state index in [0.717, 1.165) is 22.3 Å². The van der Waals surface area contributed by atoms with Gasteiger partial charge in [-0.1, -0.05) is 28.8 Å². The molecule has 3 rings (SSSR count). The van der Waals surface area contributed by atoms with Gasteiger partial charge in [0.05, 0.1) is 12.6 Å². The summed E-state index contributed by atoms with van der Waals surface area (Å²) in [5.41, 5.74) is 4.10. The highest BCUT2D eigenvalue weighted by Crippen LogP contribution is 2.36. The first-order chi connectivity index (χ1) is 12.2. The molecule has 26 heavy (non-hydrogen) atoms. The first-order valence-electron chi connectivity index (χ1n) is 8.57. The van der Waals surface area contributed by atoms with Crippen LogP contribution < -0.4 is 0 Å². The lowest BCUT2D eigenvalue weighted by molar-refractivity contribution is -0.134. The third kappa shape index (κ3) is 3.80. The molecule has 1 unspecified atom stereocenters. The van der Waals surface area contributed by atoms with Crippen molar-refractivity contribution in [2.45, 2.75) is 58.3 Å². The second-order valence-electron chi connectivity index (χ2n) is 6.86. The lowest BCUT2D eigenvalue weighted by Gasteiger charge is -2.30. The highest BCUT2D eigenvalue weighted by molar-refractivity contribution is 6.30. The van der Waals surface area contributed by atoms with E-state index in [0.29, 0.717) is 30.1 Å². The molecule has 0 N–H and O–H groups in total. The van der Waals surface area contributed by atoms with E-state index in [1.165, 1.54) is 6.20 Å². The average Bonchev–Trinajstić information content (AvgIpc) is 2.91. The molecule has 0 spiro atoms. The van der Waals surface area contributed by atoms with Gasteiger partial charge in [0, 0.05) is 23.7 Å². The van der Waals surface area contributed by atoms with Crippen LogP contribution in [0.4, 0.5) is 13.2 Å². The molecule has 0 bridgehead atoms. The fourth-order valence-electron chi connectivity index (χ4n) is 3.62. The summed E-state index contributed by atoms with van der Waals surface area (Å²) < 4.78 is 37.4. The fraction of sp³-hybridized carbons (Fsp3) is 0.474. The predicted molar refractivity (Wildman–Crippen MR) is 93.9 cm³/mol. The summed E-state index contributed by atoms with van der Waals surface area (Å²) in [5, 5.41) is 0.341. The number of carbonyl (C=O) groups excluding carboxylic acids is 1. The molecule has 1 aliphatic carbocycles. The van der Waals surface area contributed by atoms with Gasteiger partial charge in [-0.25, -0.2) is 4.98 Å². The van der Waals surface area contributed by atoms with Crippen LogP contribution in [0.3, 0.4) is 0 Å². The summed E-state index contributed by atoms with van der Waals surface area (Å²) in [7, 11) is 0. The van der Waals surface area contributed by atoms with Crippen LogP contribution in [0.1, 0.15) is 55.5 Å². The summed E-state index contributed by atoms with van der Waals surface area (Å²) in [6, 6.07) is 1.54. The number of aromatic nitrogens is 1. The molecule has 1 amide bonds. The summed E-state index contributed by atoms with van der Waals surface area (Å²) in [5.74, 6) is -0.0813. The summed E-state index contributed by atoms with van der Waals surface area (Å²) in [4.78, 5) is 18.4. The zero-order valence-corrected chi connectivity index (χ0v) is 15.4. The number of nitrogens with zero attached hydrogens (tertiary/aromatic N) is 2. The Kier molecular flexibility index (Phi) is 5.15. The van der Waals surface area contributed by atoms with Crippen molar-refractivity contribution in [2.24, 2.45) is 0 Å². The molecule has 1 aliphatic heterocycles. The minimum absolute atomic E-state index is 0.0445. The van der Waals surface area contributed by atoms with Crippen molar-refractivity contribution < 1.29 is 18.0 Å². The smallest absolute Gasteiger partial charge is 0.328 e. The molecule has 0 saturated carbocycles. The standard InChI is InChI=1S/C19H20ClF3N2O/c1-11-9-14(4-3-13(11)5-7-19(21,22)23)12(2)25-10-16-15(18(25)26)6-8-24-17(16)20/h6,8-9,12H,3-5,7,10H2,1-2H3. The molecule has 1 atom stereocenters. The monoisotopic (exact) mass is 384 g/mol. The first kappa shape index (κ1) is 19.0. The SMILES string of the molecule is CC1=C(CCC(F)(F)F)CCC(C(C)N2Cc3c(ccnc3Cl)C2=O)=C1. The van der Waals surface area contributed by atoms with Crippen LogP contribution in [0.25, 0.3) is 0 Å². The van der Waals surface area contributed by atoms with Crippen LogP contribution >= 0.6 is 11.6 Å². The third-order valence-corrected chi connectivity index (χ3v) is 5.54. The van der Waals surface area contributed by atoms with E-state index < -0.39 is 12.6 Å². The lowest BCUT2D eigenvalue weighted by Crippen LogP contribution is -2.35. The number of rotatable bonds is 4. The number of amides is 1. The molecule has 7 heteroatoms. The van der Waals surface area contributed by atoms with Gasteiger partial charge >= 0.3 is 6.18 Å². The molecule has 1 aromatic rings. The minimum Gasteiger partial charge on any atom is -0.328 e. The van der Waals surface area contributed by atoms with Crippen LogP contribution in [-0.4, -0.2) is 28.0 Å². The molecule has 0 radical (unpaired) electrons. The normalized spacial score (nSPS) is 18.9. The number of hydrogen-bond donors (Lipinski definition) is 0. The van der Waals surface area contributed by atoms with Gasteiger partial charge in [-0.2, -0.15) is 13.2 Å². The molecular weight excluding hydrogens is 365 g/mol. The fourth-order valence-corrected chi connectivity index (χ4v) is 3.83. The Hall–Kier alpha value is -1.82. The molecule has 0 saturated heterocycles. The molecule has 140 valence electrons. The van der Waals surface area contributed by atoms with Crippen molar-refractivity contribution in [3.63, 3.8) is 0 Å². The number of carbonyl (C=O) groups is 1. The van der Waals surface area contributed by atoms with Gasteiger partial charge in [0.1, 0.15) is 5.15 Å². The van der Waals surface area contributed by atoms with Crippen LogP contribution in [0.15, 0.2) is 35.1 Å². The maximum Gasteiger partial charge on any atom is 0.389 e. The van der Waals surface area contributed by atoms with E-state index in [-0.39, 0.29) is 18.4 Å². The maximum absolute atomic E-state index is 12.7. The minimum atomic E-state index is -4.13. The molecule has 2 aliphatic rings. The number of fused-ring (bicyclic) bond motifs is 1. The third-order valence-electron chi connectivity index (χ3n) is 5.21. The second-order valence-corrected chi connectivity index (χ2v) is 7.22. The highest BCUT2D eigenvalue weighted by Gasteiger charge is 2.34. The van der Waals surface area contributed by atoms with Gasteiger partial charge in [0.2, 0.25) is 0 Å². The lowest BCUT2D eigenvalue weighted by atomic mass is 9.87. The zero-order chi connectivity index (χ0) is 19.1. The van der Waals surface area contributed by atoms with Gasteiger partial charge in [-0.05, 0) is 44.7 Å². The largest absolute Gasteiger partial charge is 0.389 e. The summed E-state index contributed by atoms with van der Waals surface area (Å²) >= 11 is 6.10. The van der Waals surface area contributed by atoms with E-state index >= 15 is 0 Å². The summed E-state index contributed by atoms with van der Waals surface area (Å²) in [6.07, 6.45) is -0.144. The number of allylic oxidation sites excluding steroid dienone is 3. The van der Waals surface area contributed by atoms with Crippen LogP contribution in [0.2, 0.25) is 5.15 Å². The highest BCUT2D eigenvalue weighted by atomic mass is 35.5. The zero-order valence-electron chi connectivity index (χ0n) is 14.7. The van der Waals surface area contributed by atoms with Crippen molar-refractivity contribution in [3.05, 3.63) is 51.3 Å². The number of pyridine rings is 1. The molecule has 0 aromatic carbocycles. The van der Waals surface area contributed by atoms with Crippen molar-refractivity contribution in [1.29, 1.82) is 0 Å². The molecule has 0 fully saturated rings. The summed E-state index contributed by atoms with van der Waals surface area (Å²) in [6.45, 7) is 4.20. The Labute approximate surface area is 155 Å².